The SMILES string of the molecule is CCc1cc(C(=O)NCc2cccc3[nH]ncc23)sc1C(=O)OC. The number of thiophene rings is 1. The molecule has 124 valence electrons. The summed E-state index contributed by atoms with van der Waals surface area (Å²) in [5, 5.41) is 10.8. The summed E-state index contributed by atoms with van der Waals surface area (Å²) in [6.45, 7) is 2.33. The van der Waals surface area contributed by atoms with Gasteiger partial charge < -0.3 is 10.1 Å². The number of benzene rings is 1. The number of nitrogens with one attached hydrogen (secondary N) is 2. The minimum Gasteiger partial charge on any atom is -0.465 e. The van der Waals surface area contributed by atoms with Gasteiger partial charge in [0.05, 0.1) is 23.7 Å². The van der Waals surface area contributed by atoms with E-state index in [1.54, 1.807) is 12.3 Å². The summed E-state index contributed by atoms with van der Waals surface area (Å²) in [4.78, 5) is 25.2. The first kappa shape index (κ1) is 16.2. The van der Waals surface area contributed by atoms with Crippen molar-refractivity contribution in [3.05, 3.63) is 51.3 Å². The van der Waals surface area contributed by atoms with E-state index in [0.29, 0.717) is 22.7 Å². The van der Waals surface area contributed by atoms with Gasteiger partial charge in [-0.2, -0.15) is 5.10 Å². The minimum atomic E-state index is -0.404. The van der Waals surface area contributed by atoms with Crippen LogP contribution in [0.5, 0.6) is 0 Å². The maximum Gasteiger partial charge on any atom is 0.348 e. The first-order valence-corrected chi connectivity index (χ1v) is 8.35. The van der Waals surface area contributed by atoms with Crippen LogP contribution in [-0.2, 0) is 17.7 Å². The second kappa shape index (κ2) is 6.84. The summed E-state index contributed by atoms with van der Waals surface area (Å²) in [6.07, 6.45) is 2.41. The molecule has 6 nitrogen and oxygen atoms in total. The molecule has 0 unspecified atom stereocenters. The van der Waals surface area contributed by atoms with Crippen molar-refractivity contribution in [2.45, 2.75) is 19.9 Å². The molecule has 1 aromatic carbocycles. The van der Waals surface area contributed by atoms with Crippen LogP contribution in [0.1, 0.15) is 37.4 Å². The quantitative estimate of drug-likeness (QED) is 0.698. The van der Waals surface area contributed by atoms with Crippen molar-refractivity contribution < 1.29 is 14.3 Å². The maximum atomic E-state index is 12.4. The summed E-state index contributed by atoms with van der Waals surface area (Å²) in [7, 11) is 1.34. The fourth-order valence-electron chi connectivity index (χ4n) is 2.51. The topological polar surface area (TPSA) is 84.1 Å². The second-order valence-corrected chi connectivity index (χ2v) is 6.29. The molecular weight excluding hydrogens is 326 g/mol. The van der Waals surface area contributed by atoms with E-state index in [-0.39, 0.29) is 5.91 Å². The fraction of sp³-hybridized carbons (Fsp3) is 0.235. The number of amides is 1. The molecule has 0 aliphatic heterocycles. The van der Waals surface area contributed by atoms with Crippen molar-refractivity contribution in [2.75, 3.05) is 7.11 Å². The number of esters is 1. The van der Waals surface area contributed by atoms with Crippen molar-refractivity contribution in [1.82, 2.24) is 15.5 Å². The molecule has 0 aliphatic rings. The number of H-pyrrole nitrogens is 1. The summed E-state index contributed by atoms with van der Waals surface area (Å²) >= 11 is 1.16. The van der Waals surface area contributed by atoms with E-state index in [1.807, 2.05) is 25.1 Å². The zero-order chi connectivity index (χ0) is 17.1. The average Bonchev–Trinajstić information content (AvgIpc) is 3.25. The molecule has 24 heavy (non-hydrogen) atoms. The number of hydrogen-bond acceptors (Lipinski definition) is 5. The Hall–Kier alpha value is -2.67. The number of aromatic amines is 1. The molecule has 3 aromatic rings. The second-order valence-electron chi connectivity index (χ2n) is 5.24. The van der Waals surface area contributed by atoms with Crippen LogP contribution in [0.2, 0.25) is 0 Å². The van der Waals surface area contributed by atoms with Gasteiger partial charge in [0.15, 0.2) is 0 Å². The largest absolute Gasteiger partial charge is 0.465 e. The van der Waals surface area contributed by atoms with E-state index >= 15 is 0 Å². The van der Waals surface area contributed by atoms with E-state index in [9.17, 15) is 9.59 Å². The van der Waals surface area contributed by atoms with Gasteiger partial charge in [0.25, 0.3) is 5.91 Å². The Bertz CT molecular complexity index is 898. The van der Waals surface area contributed by atoms with Crippen molar-refractivity contribution in [2.24, 2.45) is 0 Å². The van der Waals surface area contributed by atoms with E-state index in [1.165, 1.54) is 7.11 Å². The molecule has 0 radical (unpaired) electrons. The van der Waals surface area contributed by atoms with Gasteiger partial charge >= 0.3 is 5.97 Å². The number of nitrogens with zero attached hydrogens (tertiary/aromatic N) is 1. The highest BCUT2D eigenvalue weighted by Gasteiger charge is 2.19. The number of aromatic nitrogens is 2. The molecule has 1 amide bonds. The number of fused-ring (bicyclic) bond motifs is 1. The number of carbonyl (C=O) groups is 2. The molecule has 3 rings (SSSR count). The van der Waals surface area contributed by atoms with Crippen LogP contribution >= 0.6 is 11.3 Å². The van der Waals surface area contributed by atoms with Gasteiger partial charge in [-0.15, -0.1) is 11.3 Å². The zero-order valence-electron chi connectivity index (χ0n) is 13.4. The van der Waals surface area contributed by atoms with Gasteiger partial charge in [-0.1, -0.05) is 19.1 Å². The Kier molecular flexibility index (Phi) is 4.61. The molecule has 0 atom stereocenters. The molecule has 7 heteroatoms. The molecule has 0 fully saturated rings. The molecular formula is C17H17N3O3S. The van der Waals surface area contributed by atoms with Crippen LogP contribution in [-0.4, -0.2) is 29.2 Å². The van der Waals surface area contributed by atoms with E-state index in [0.717, 1.165) is 33.4 Å². The molecule has 0 aliphatic carbocycles. The highest BCUT2D eigenvalue weighted by atomic mass is 32.1. The number of carbonyl (C=O) groups excluding carboxylic acids is 2. The predicted octanol–water partition coefficient (Wildman–Crippen LogP) is 2.90. The molecule has 0 spiro atoms. The third-order valence-electron chi connectivity index (χ3n) is 3.80. The Labute approximate surface area is 142 Å². The summed E-state index contributed by atoms with van der Waals surface area (Å²) in [6, 6.07) is 7.55. The third-order valence-corrected chi connectivity index (χ3v) is 4.96. The van der Waals surface area contributed by atoms with E-state index < -0.39 is 5.97 Å². The van der Waals surface area contributed by atoms with Gasteiger partial charge in [0.2, 0.25) is 0 Å². The molecule has 0 saturated carbocycles. The Morgan fingerprint density at radius 3 is 2.92 bits per heavy atom. The monoisotopic (exact) mass is 343 g/mol. The maximum absolute atomic E-state index is 12.4. The van der Waals surface area contributed by atoms with Crippen LogP contribution in [0.25, 0.3) is 10.9 Å². The number of methoxy groups -OCH3 is 1. The Morgan fingerprint density at radius 2 is 2.17 bits per heavy atom. The van der Waals surface area contributed by atoms with Crippen LogP contribution in [0.3, 0.4) is 0 Å². The normalized spacial score (nSPS) is 10.8. The average molecular weight is 343 g/mol. The molecule has 2 heterocycles. The van der Waals surface area contributed by atoms with Gasteiger partial charge in [-0.3, -0.25) is 9.89 Å². The number of aryl methyl sites for hydroxylation is 1. The lowest BCUT2D eigenvalue weighted by Gasteiger charge is -2.05. The standard InChI is InChI=1S/C17H17N3O3S/c1-3-10-7-14(24-15(10)17(22)23-2)16(21)18-8-11-5-4-6-13-12(11)9-19-20-13/h4-7,9H,3,8H2,1-2H3,(H,18,21)(H,19,20). The Morgan fingerprint density at radius 1 is 1.33 bits per heavy atom. The molecule has 0 bridgehead atoms. The highest BCUT2D eigenvalue weighted by Crippen LogP contribution is 2.24. The third kappa shape index (κ3) is 3.03. The van der Waals surface area contributed by atoms with E-state index in [4.69, 9.17) is 4.74 Å². The Balaban J connectivity index is 1.77. The van der Waals surface area contributed by atoms with Crippen LogP contribution in [0.4, 0.5) is 0 Å². The lowest BCUT2D eigenvalue weighted by Crippen LogP contribution is -2.21. The minimum absolute atomic E-state index is 0.203. The summed E-state index contributed by atoms with van der Waals surface area (Å²) in [5.74, 6) is -0.607. The first-order chi connectivity index (χ1) is 11.6. The lowest BCUT2D eigenvalue weighted by atomic mass is 10.1. The fourth-order valence-corrected chi connectivity index (χ4v) is 3.60. The van der Waals surface area contributed by atoms with Crippen molar-refractivity contribution in [3.63, 3.8) is 0 Å². The summed E-state index contributed by atoms with van der Waals surface area (Å²) < 4.78 is 4.77. The molecule has 2 N–H and O–H groups in total. The van der Waals surface area contributed by atoms with E-state index in [2.05, 4.69) is 15.5 Å². The smallest absolute Gasteiger partial charge is 0.348 e. The first-order valence-electron chi connectivity index (χ1n) is 7.54. The molecule has 2 aromatic heterocycles. The summed E-state index contributed by atoms with van der Waals surface area (Å²) in [5.41, 5.74) is 2.74. The predicted molar refractivity (Wildman–Crippen MR) is 92.3 cm³/mol. The van der Waals surface area contributed by atoms with Gasteiger partial charge in [0.1, 0.15) is 4.88 Å². The van der Waals surface area contributed by atoms with Crippen molar-refractivity contribution in [1.29, 1.82) is 0 Å². The van der Waals surface area contributed by atoms with Gasteiger partial charge in [-0.05, 0) is 29.7 Å². The van der Waals surface area contributed by atoms with Gasteiger partial charge in [-0.25, -0.2) is 4.79 Å². The highest BCUT2D eigenvalue weighted by molar-refractivity contribution is 7.16. The van der Waals surface area contributed by atoms with Crippen LogP contribution in [0, 0.1) is 0 Å². The van der Waals surface area contributed by atoms with Crippen molar-refractivity contribution >= 4 is 34.1 Å². The number of hydrogen-bond donors (Lipinski definition) is 2. The van der Waals surface area contributed by atoms with Crippen molar-refractivity contribution in [3.8, 4) is 0 Å². The number of ether oxygens (including phenoxy) is 1. The lowest BCUT2D eigenvalue weighted by molar-refractivity contribution is 0.0605. The van der Waals surface area contributed by atoms with Crippen LogP contribution < -0.4 is 5.32 Å². The zero-order valence-corrected chi connectivity index (χ0v) is 14.2. The number of rotatable bonds is 5. The van der Waals surface area contributed by atoms with Crippen LogP contribution in [0.15, 0.2) is 30.5 Å². The van der Waals surface area contributed by atoms with Gasteiger partial charge in [0, 0.05) is 11.9 Å². The molecule has 0 saturated heterocycles.